The maximum atomic E-state index is 12.6. The smallest absolute Gasteiger partial charge is 0.348 e. The highest BCUT2D eigenvalue weighted by Gasteiger charge is 2.22. The largest absolute Gasteiger partial charge is 0.459 e. The van der Waals surface area contributed by atoms with Gasteiger partial charge in [-0.05, 0) is 32.4 Å². The van der Waals surface area contributed by atoms with Crippen LogP contribution >= 0.6 is 11.3 Å². The van der Waals surface area contributed by atoms with Crippen molar-refractivity contribution in [1.82, 2.24) is 14.9 Å². The van der Waals surface area contributed by atoms with Crippen LogP contribution < -0.4 is 5.56 Å². The van der Waals surface area contributed by atoms with Crippen LogP contribution in [-0.2, 0) is 16.0 Å². The number of carbonyl (C=O) groups excluding carboxylic acids is 1. The molecule has 8 heteroatoms. The second-order valence-corrected chi connectivity index (χ2v) is 8.44. The minimum absolute atomic E-state index is 0.185. The summed E-state index contributed by atoms with van der Waals surface area (Å²) in [6.45, 7) is 2.89. The summed E-state index contributed by atoms with van der Waals surface area (Å²) in [5.74, 6) is 0.207. The van der Waals surface area contributed by atoms with E-state index in [0.29, 0.717) is 45.7 Å². The molecule has 3 rings (SSSR count). The Hall–Kier alpha value is -1.77. The molecular weight excluding hydrogens is 378 g/mol. The third-order valence-electron chi connectivity index (χ3n) is 5.40. The number of hydrogen-bond donors (Lipinski definition) is 1. The molecule has 1 fully saturated rings. The lowest BCUT2D eigenvalue weighted by atomic mass is 10.1. The highest BCUT2D eigenvalue weighted by Crippen LogP contribution is 2.28. The number of aryl methyl sites for hydroxylation is 1. The van der Waals surface area contributed by atoms with Crippen LogP contribution in [0.2, 0.25) is 0 Å². The van der Waals surface area contributed by atoms with Crippen LogP contribution in [0.4, 0.5) is 0 Å². The fourth-order valence-electron chi connectivity index (χ4n) is 3.81. The van der Waals surface area contributed by atoms with Crippen LogP contribution in [0.25, 0.3) is 10.2 Å². The van der Waals surface area contributed by atoms with Crippen LogP contribution in [0.15, 0.2) is 4.79 Å². The molecule has 0 aliphatic heterocycles. The molecule has 7 nitrogen and oxygen atoms in total. The second-order valence-electron chi connectivity index (χ2n) is 7.44. The van der Waals surface area contributed by atoms with E-state index < -0.39 is 5.97 Å². The third-order valence-corrected chi connectivity index (χ3v) is 6.57. The number of esters is 1. The molecule has 2 aromatic rings. The number of nitrogens with one attached hydrogen (secondary N) is 1. The van der Waals surface area contributed by atoms with Crippen LogP contribution in [-0.4, -0.2) is 54.3 Å². The Labute approximate surface area is 169 Å². The van der Waals surface area contributed by atoms with Crippen molar-refractivity contribution in [2.45, 2.75) is 58.0 Å². The Morgan fingerprint density at radius 3 is 2.64 bits per heavy atom. The first-order chi connectivity index (χ1) is 13.5. The fraction of sp³-hybridized carbons (Fsp3) is 0.650. The van der Waals surface area contributed by atoms with Gasteiger partial charge in [-0.1, -0.05) is 25.7 Å². The molecule has 1 aliphatic carbocycles. The molecule has 2 heterocycles. The topological polar surface area (TPSA) is 84.5 Å². The van der Waals surface area contributed by atoms with Gasteiger partial charge >= 0.3 is 5.97 Å². The van der Waals surface area contributed by atoms with Crippen LogP contribution in [0.1, 0.15) is 59.6 Å². The van der Waals surface area contributed by atoms with E-state index in [2.05, 4.69) is 21.9 Å². The highest BCUT2D eigenvalue weighted by atomic mass is 32.1. The molecule has 0 bridgehead atoms. The average Bonchev–Trinajstić information content (AvgIpc) is 2.84. The summed E-state index contributed by atoms with van der Waals surface area (Å²) in [6, 6.07) is 0.528. The summed E-state index contributed by atoms with van der Waals surface area (Å²) in [7, 11) is 3.65. The molecule has 0 radical (unpaired) electrons. The van der Waals surface area contributed by atoms with Crippen molar-refractivity contribution in [3.05, 3.63) is 26.6 Å². The molecule has 0 aromatic carbocycles. The molecule has 0 spiro atoms. The van der Waals surface area contributed by atoms with Gasteiger partial charge in [0.15, 0.2) is 0 Å². The van der Waals surface area contributed by atoms with E-state index in [1.54, 1.807) is 14.0 Å². The molecule has 0 amide bonds. The molecule has 1 N–H and O–H groups in total. The van der Waals surface area contributed by atoms with Crippen molar-refractivity contribution in [3.8, 4) is 0 Å². The van der Waals surface area contributed by atoms with E-state index in [1.807, 2.05) is 0 Å². The lowest BCUT2D eigenvalue weighted by molar-refractivity contribution is 0.0393. The number of ether oxygens (including phenoxy) is 2. The molecule has 28 heavy (non-hydrogen) atoms. The number of aromatic nitrogens is 2. The lowest BCUT2D eigenvalue weighted by Gasteiger charge is -2.26. The van der Waals surface area contributed by atoms with Crippen LogP contribution in [0.5, 0.6) is 0 Å². The van der Waals surface area contributed by atoms with E-state index in [-0.39, 0.29) is 12.2 Å². The minimum atomic E-state index is -0.436. The summed E-state index contributed by atoms with van der Waals surface area (Å²) >= 11 is 1.22. The Kier molecular flexibility index (Phi) is 7.20. The van der Waals surface area contributed by atoms with E-state index >= 15 is 0 Å². The van der Waals surface area contributed by atoms with Gasteiger partial charge in [-0.15, -0.1) is 11.3 Å². The molecule has 1 aliphatic rings. The summed E-state index contributed by atoms with van der Waals surface area (Å²) in [5, 5.41) is 0.476. The second kappa shape index (κ2) is 9.62. The zero-order valence-corrected chi connectivity index (χ0v) is 17.7. The molecular formula is C20H29N3O4S. The number of methoxy groups -OCH3 is 1. The van der Waals surface area contributed by atoms with Crippen molar-refractivity contribution in [3.63, 3.8) is 0 Å². The van der Waals surface area contributed by atoms with Crippen LogP contribution in [0, 0.1) is 6.92 Å². The summed E-state index contributed by atoms with van der Waals surface area (Å²) in [4.78, 5) is 35.8. The van der Waals surface area contributed by atoms with Gasteiger partial charge in [-0.2, -0.15) is 0 Å². The molecule has 1 saturated carbocycles. The van der Waals surface area contributed by atoms with E-state index in [1.165, 1.54) is 49.9 Å². The molecule has 0 unspecified atom stereocenters. The van der Waals surface area contributed by atoms with Crippen LogP contribution in [0.3, 0.4) is 0 Å². The van der Waals surface area contributed by atoms with Crippen molar-refractivity contribution in [2.75, 3.05) is 27.4 Å². The number of fused-ring (bicyclic) bond motifs is 1. The van der Waals surface area contributed by atoms with Gasteiger partial charge in [0.05, 0.1) is 18.5 Å². The minimum Gasteiger partial charge on any atom is -0.459 e. The summed E-state index contributed by atoms with van der Waals surface area (Å²) in [5.41, 5.74) is 0.429. The van der Waals surface area contributed by atoms with Crippen molar-refractivity contribution < 1.29 is 14.3 Å². The first-order valence-electron chi connectivity index (χ1n) is 9.90. The number of H-pyrrole nitrogens is 1. The van der Waals surface area contributed by atoms with Gasteiger partial charge in [0, 0.05) is 13.2 Å². The SMILES string of the molecule is COCCOC(=O)c1sc2nc(CN(C)C3CCCCCC3)[nH]c(=O)c2c1C. The first kappa shape index (κ1) is 21.0. The number of rotatable bonds is 7. The predicted molar refractivity (Wildman–Crippen MR) is 110 cm³/mol. The van der Waals surface area contributed by atoms with Gasteiger partial charge in [0.25, 0.3) is 5.56 Å². The Morgan fingerprint density at radius 2 is 1.96 bits per heavy atom. The van der Waals surface area contributed by atoms with Crippen molar-refractivity contribution in [2.24, 2.45) is 0 Å². The highest BCUT2D eigenvalue weighted by molar-refractivity contribution is 7.20. The predicted octanol–water partition coefficient (Wildman–Crippen LogP) is 3.25. The fourth-order valence-corrected chi connectivity index (χ4v) is 4.90. The quantitative estimate of drug-likeness (QED) is 0.431. The Bertz CT molecular complexity index is 868. The zero-order chi connectivity index (χ0) is 20.1. The van der Waals surface area contributed by atoms with Crippen molar-refractivity contribution >= 4 is 27.5 Å². The van der Waals surface area contributed by atoms with E-state index in [9.17, 15) is 9.59 Å². The number of nitrogens with zero attached hydrogens (tertiary/aromatic N) is 2. The van der Waals surface area contributed by atoms with Gasteiger partial charge in [0.2, 0.25) is 0 Å². The molecule has 2 aromatic heterocycles. The van der Waals surface area contributed by atoms with Gasteiger partial charge in [-0.3, -0.25) is 9.69 Å². The van der Waals surface area contributed by atoms with E-state index in [4.69, 9.17) is 9.47 Å². The molecule has 154 valence electrons. The lowest BCUT2D eigenvalue weighted by Crippen LogP contribution is -2.32. The number of thiophene rings is 1. The average molecular weight is 408 g/mol. The zero-order valence-electron chi connectivity index (χ0n) is 16.9. The Balaban J connectivity index is 1.80. The first-order valence-corrected chi connectivity index (χ1v) is 10.7. The Morgan fingerprint density at radius 1 is 1.25 bits per heavy atom. The van der Waals surface area contributed by atoms with E-state index in [0.717, 1.165) is 0 Å². The monoisotopic (exact) mass is 407 g/mol. The number of aromatic amines is 1. The maximum absolute atomic E-state index is 12.6. The summed E-state index contributed by atoms with van der Waals surface area (Å²) < 4.78 is 10.1. The number of hydrogen-bond acceptors (Lipinski definition) is 7. The van der Waals surface area contributed by atoms with Crippen molar-refractivity contribution in [1.29, 1.82) is 0 Å². The summed E-state index contributed by atoms with van der Waals surface area (Å²) in [6.07, 6.45) is 7.52. The normalized spacial score (nSPS) is 15.9. The number of carbonyl (C=O) groups is 1. The van der Waals surface area contributed by atoms with Gasteiger partial charge in [0.1, 0.15) is 22.1 Å². The van der Waals surface area contributed by atoms with Gasteiger partial charge in [-0.25, -0.2) is 9.78 Å². The molecule has 0 atom stereocenters. The maximum Gasteiger partial charge on any atom is 0.348 e. The van der Waals surface area contributed by atoms with Gasteiger partial charge < -0.3 is 14.5 Å². The standard InChI is InChI=1S/C20H29N3O4S/c1-13-16-18(24)21-15(12-23(2)14-8-6-4-5-7-9-14)22-19(16)28-17(13)20(25)27-11-10-26-3/h14H,4-12H2,1-3H3,(H,21,22,24). The molecule has 0 saturated heterocycles. The third kappa shape index (κ3) is 4.79.